The molecule has 3 nitrogen and oxygen atoms in total. The molecule has 0 saturated carbocycles. The average Bonchev–Trinajstić information content (AvgIpc) is 2.34. The number of ether oxygens (including phenoxy) is 1. The largest absolute Gasteiger partial charge is 0.464 e. The number of nitrogens with zero attached hydrogens (tertiary/aromatic N) is 1. The van der Waals surface area contributed by atoms with E-state index in [-0.39, 0.29) is 11.1 Å². The molecule has 0 spiro atoms. The van der Waals surface area contributed by atoms with Crippen LogP contribution in [-0.4, -0.2) is 18.1 Å². The van der Waals surface area contributed by atoms with E-state index in [0.29, 0.717) is 6.07 Å². The van der Waals surface area contributed by atoms with Crippen LogP contribution in [0.25, 0.3) is 10.9 Å². The van der Waals surface area contributed by atoms with Gasteiger partial charge >= 0.3 is 5.97 Å². The molecule has 0 aliphatic carbocycles. The number of methoxy groups -OCH3 is 1. The summed E-state index contributed by atoms with van der Waals surface area (Å²) in [4.78, 5) is 14.7. The Morgan fingerprint density at radius 3 is 2.59 bits per heavy atom. The van der Waals surface area contributed by atoms with Crippen molar-refractivity contribution in [3.05, 3.63) is 41.3 Å². The normalized spacial score (nSPS) is 10.6. The summed E-state index contributed by atoms with van der Waals surface area (Å²) >= 11 is 0. The Labute approximate surface area is 93.8 Å². The lowest BCUT2D eigenvalue weighted by molar-refractivity contribution is 0.0594. The Bertz CT molecular complexity index is 613. The topological polar surface area (TPSA) is 39.2 Å². The van der Waals surface area contributed by atoms with Crippen LogP contribution in [0.5, 0.6) is 0 Å². The molecule has 2 rings (SSSR count). The third-order valence-corrected chi connectivity index (χ3v) is 2.22. The van der Waals surface area contributed by atoms with E-state index in [2.05, 4.69) is 9.72 Å². The van der Waals surface area contributed by atoms with E-state index >= 15 is 0 Å². The summed E-state index contributed by atoms with van der Waals surface area (Å²) in [7, 11) is 1.12. The van der Waals surface area contributed by atoms with Crippen molar-refractivity contribution in [3.63, 3.8) is 0 Å². The standard InChI is InChI=1S/C11H6F3NO2/c1-17-11(16)8-3-2-5-6(12)4-7(13)9(14)10(5)15-8/h2-4H,1H3. The second-order valence-corrected chi connectivity index (χ2v) is 3.24. The summed E-state index contributed by atoms with van der Waals surface area (Å²) in [5.74, 6) is -4.41. The Balaban J connectivity index is 2.76. The van der Waals surface area contributed by atoms with Crippen LogP contribution in [0.4, 0.5) is 13.2 Å². The number of halogens is 3. The van der Waals surface area contributed by atoms with E-state index in [0.717, 1.165) is 13.2 Å². The third kappa shape index (κ3) is 1.82. The predicted molar refractivity (Wildman–Crippen MR) is 53.0 cm³/mol. The number of esters is 1. The molecule has 2 aromatic rings. The highest BCUT2D eigenvalue weighted by molar-refractivity contribution is 5.91. The molecule has 0 fully saturated rings. The van der Waals surface area contributed by atoms with Crippen molar-refractivity contribution in [3.8, 4) is 0 Å². The fraction of sp³-hybridized carbons (Fsp3) is 0.0909. The molecular formula is C11H6F3NO2. The number of rotatable bonds is 1. The molecule has 0 saturated heterocycles. The summed E-state index contributed by atoms with van der Waals surface area (Å²) in [6.45, 7) is 0. The molecular weight excluding hydrogens is 235 g/mol. The van der Waals surface area contributed by atoms with Crippen LogP contribution in [0.3, 0.4) is 0 Å². The van der Waals surface area contributed by atoms with Crippen molar-refractivity contribution in [2.75, 3.05) is 7.11 Å². The van der Waals surface area contributed by atoms with Gasteiger partial charge in [-0.2, -0.15) is 0 Å². The zero-order valence-electron chi connectivity index (χ0n) is 8.63. The first-order valence-electron chi connectivity index (χ1n) is 4.57. The van der Waals surface area contributed by atoms with Gasteiger partial charge in [-0.05, 0) is 12.1 Å². The molecule has 0 N–H and O–H groups in total. The van der Waals surface area contributed by atoms with Gasteiger partial charge in [-0.15, -0.1) is 0 Å². The lowest BCUT2D eigenvalue weighted by atomic mass is 10.1. The fourth-order valence-electron chi connectivity index (χ4n) is 1.40. The first-order valence-corrected chi connectivity index (χ1v) is 4.57. The maximum atomic E-state index is 13.4. The van der Waals surface area contributed by atoms with E-state index in [1.54, 1.807) is 0 Å². The molecule has 1 aromatic carbocycles. The number of pyridine rings is 1. The first kappa shape index (κ1) is 11.4. The number of carbonyl (C=O) groups excluding carboxylic acids is 1. The van der Waals surface area contributed by atoms with Crippen molar-refractivity contribution < 1.29 is 22.7 Å². The highest BCUT2D eigenvalue weighted by atomic mass is 19.2. The third-order valence-electron chi connectivity index (χ3n) is 2.22. The average molecular weight is 241 g/mol. The van der Waals surface area contributed by atoms with Crippen LogP contribution in [0.15, 0.2) is 18.2 Å². The zero-order valence-corrected chi connectivity index (χ0v) is 8.63. The van der Waals surface area contributed by atoms with Gasteiger partial charge in [0.05, 0.1) is 7.11 Å². The summed E-state index contributed by atoms with van der Waals surface area (Å²) in [5, 5.41) is -0.198. The van der Waals surface area contributed by atoms with E-state index in [4.69, 9.17) is 0 Å². The van der Waals surface area contributed by atoms with Crippen molar-refractivity contribution in [2.45, 2.75) is 0 Å². The van der Waals surface area contributed by atoms with Crippen LogP contribution in [0.2, 0.25) is 0 Å². The van der Waals surface area contributed by atoms with E-state index in [1.807, 2.05) is 0 Å². The van der Waals surface area contributed by atoms with Crippen LogP contribution >= 0.6 is 0 Å². The minimum Gasteiger partial charge on any atom is -0.464 e. The molecule has 0 aliphatic heterocycles. The van der Waals surface area contributed by atoms with Gasteiger partial charge in [-0.3, -0.25) is 0 Å². The predicted octanol–water partition coefficient (Wildman–Crippen LogP) is 2.44. The Hall–Kier alpha value is -2.11. The van der Waals surface area contributed by atoms with Gasteiger partial charge in [0.2, 0.25) is 0 Å². The maximum Gasteiger partial charge on any atom is 0.356 e. The van der Waals surface area contributed by atoms with Crippen LogP contribution in [0.1, 0.15) is 10.5 Å². The highest BCUT2D eigenvalue weighted by Gasteiger charge is 2.16. The summed E-state index contributed by atoms with van der Waals surface area (Å²) in [5.41, 5.74) is -0.755. The summed E-state index contributed by atoms with van der Waals surface area (Å²) < 4.78 is 44.0. The SMILES string of the molecule is COC(=O)c1ccc2c(F)cc(F)c(F)c2n1. The van der Waals surface area contributed by atoms with Crippen LogP contribution in [0, 0.1) is 17.5 Å². The lowest BCUT2D eigenvalue weighted by Crippen LogP contribution is -2.05. The minimum atomic E-state index is -1.36. The molecule has 1 aromatic heterocycles. The van der Waals surface area contributed by atoms with Crippen molar-refractivity contribution >= 4 is 16.9 Å². The smallest absolute Gasteiger partial charge is 0.356 e. The van der Waals surface area contributed by atoms with E-state index < -0.39 is 28.9 Å². The number of fused-ring (bicyclic) bond motifs is 1. The Morgan fingerprint density at radius 1 is 1.24 bits per heavy atom. The van der Waals surface area contributed by atoms with Crippen molar-refractivity contribution in [2.24, 2.45) is 0 Å². The van der Waals surface area contributed by atoms with Crippen molar-refractivity contribution in [1.82, 2.24) is 4.98 Å². The molecule has 0 aliphatic rings. The van der Waals surface area contributed by atoms with E-state index in [9.17, 15) is 18.0 Å². The van der Waals surface area contributed by atoms with Gasteiger partial charge in [0, 0.05) is 11.5 Å². The van der Waals surface area contributed by atoms with Gasteiger partial charge in [-0.25, -0.2) is 22.9 Å². The summed E-state index contributed by atoms with van der Waals surface area (Å²) in [6.07, 6.45) is 0. The highest BCUT2D eigenvalue weighted by Crippen LogP contribution is 2.22. The van der Waals surface area contributed by atoms with Gasteiger partial charge in [-0.1, -0.05) is 0 Å². The zero-order chi connectivity index (χ0) is 12.6. The molecule has 88 valence electrons. The number of benzene rings is 1. The monoisotopic (exact) mass is 241 g/mol. The molecule has 0 bridgehead atoms. The molecule has 0 unspecified atom stereocenters. The number of hydrogen-bond acceptors (Lipinski definition) is 3. The van der Waals surface area contributed by atoms with Crippen LogP contribution < -0.4 is 0 Å². The Morgan fingerprint density at radius 2 is 1.94 bits per heavy atom. The van der Waals surface area contributed by atoms with E-state index in [1.165, 1.54) is 6.07 Å². The minimum absolute atomic E-state index is 0.198. The summed E-state index contributed by atoms with van der Waals surface area (Å²) in [6, 6.07) is 2.75. The maximum absolute atomic E-state index is 13.4. The Kier molecular flexibility index (Phi) is 2.71. The van der Waals surface area contributed by atoms with Gasteiger partial charge in [0.15, 0.2) is 11.6 Å². The molecule has 17 heavy (non-hydrogen) atoms. The second kappa shape index (κ2) is 4.04. The molecule has 6 heteroatoms. The van der Waals surface area contributed by atoms with Crippen molar-refractivity contribution in [1.29, 1.82) is 0 Å². The quantitative estimate of drug-likeness (QED) is 0.568. The molecule has 0 amide bonds. The lowest BCUT2D eigenvalue weighted by Gasteiger charge is -2.04. The number of hydrogen-bond donors (Lipinski definition) is 0. The number of aromatic nitrogens is 1. The van der Waals surface area contributed by atoms with Crippen LogP contribution in [-0.2, 0) is 4.74 Å². The first-order chi connectivity index (χ1) is 8.04. The number of carbonyl (C=O) groups is 1. The fourth-order valence-corrected chi connectivity index (χ4v) is 1.40. The van der Waals surface area contributed by atoms with Gasteiger partial charge in [0.25, 0.3) is 0 Å². The van der Waals surface area contributed by atoms with Gasteiger partial charge in [0.1, 0.15) is 17.0 Å². The second-order valence-electron chi connectivity index (χ2n) is 3.24. The molecule has 0 radical (unpaired) electrons. The molecule has 0 atom stereocenters. The molecule has 1 heterocycles. The van der Waals surface area contributed by atoms with Gasteiger partial charge < -0.3 is 4.74 Å².